The van der Waals surface area contributed by atoms with Crippen molar-refractivity contribution >= 4 is 23.9 Å². The Labute approximate surface area is 236 Å². The lowest BCUT2D eigenvalue weighted by Crippen LogP contribution is -2.41. The molecule has 2 fully saturated rings. The monoisotopic (exact) mass is 550 g/mol. The molecule has 0 radical (unpaired) electrons. The summed E-state index contributed by atoms with van der Waals surface area (Å²) in [5.74, 6) is -0.162. The minimum Gasteiger partial charge on any atom is -0.381 e. The van der Waals surface area contributed by atoms with Crippen molar-refractivity contribution in [2.75, 3.05) is 53.0 Å². The molecule has 0 aliphatic carbocycles. The van der Waals surface area contributed by atoms with Gasteiger partial charge < -0.3 is 14.5 Å². The zero-order valence-corrected chi connectivity index (χ0v) is 25.6. The van der Waals surface area contributed by atoms with Gasteiger partial charge in [-0.25, -0.2) is 9.59 Å². The molecular formula is C30H54N4O5. The van der Waals surface area contributed by atoms with Gasteiger partial charge in [-0.3, -0.25) is 19.4 Å². The van der Waals surface area contributed by atoms with Crippen LogP contribution in [0.4, 0.5) is 9.59 Å². The number of ether oxygens (including phenoxy) is 1. The van der Waals surface area contributed by atoms with E-state index in [0.29, 0.717) is 19.6 Å². The van der Waals surface area contributed by atoms with Crippen LogP contribution < -0.4 is 0 Å². The number of urea groups is 2. The second kappa shape index (κ2) is 15.6. The maximum absolute atomic E-state index is 12.4. The van der Waals surface area contributed by atoms with Crippen LogP contribution in [0.3, 0.4) is 0 Å². The lowest BCUT2D eigenvalue weighted by Gasteiger charge is -2.35. The first-order valence-electron chi connectivity index (χ1n) is 15.3. The first-order chi connectivity index (χ1) is 18.6. The van der Waals surface area contributed by atoms with E-state index in [4.69, 9.17) is 4.74 Å². The Morgan fingerprint density at radius 1 is 0.667 bits per heavy atom. The molecule has 2 aliphatic rings. The smallest absolute Gasteiger partial charge is 0.327 e. The van der Waals surface area contributed by atoms with Crippen LogP contribution in [0.2, 0.25) is 0 Å². The van der Waals surface area contributed by atoms with Crippen LogP contribution in [0.25, 0.3) is 0 Å². The van der Waals surface area contributed by atoms with E-state index in [1.54, 1.807) is 11.9 Å². The summed E-state index contributed by atoms with van der Waals surface area (Å²) in [5, 5.41) is 0. The van der Waals surface area contributed by atoms with E-state index in [1.165, 1.54) is 14.7 Å². The Morgan fingerprint density at radius 3 is 1.67 bits per heavy atom. The summed E-state index contributed by atoms with van der Waals surface area (Å²) in [5.41, 5.74) is 0.121. The van der Waals surface area contributed by atoms with Gasteiger partial charge in [0.05, 0.1) is 0 Å². The summed E-state index contributed by atoms with van der Waals surface area (Å²) in [7, 11) is 1.68. The van der Waals surface area contributed by atoms with Crippen molar-refractivity contribution in [2.24, 2.45) is 10.8 Å². The Hall–Kier alpha value is -2.16. The Kier molecular flexibility index (Phi) is 13.2. The molecule has 0 aromatic rings. The molecule has 0 bridgehead atoms. The molecule has 9 nitrogen and oxygen atoms in total. The number of hydrogen-bond donors (Lipinski definition) is 0. The number of nitrogens with zero attached hydrogens (tertiary/aromatic N) is 4. The fourth-order valence-electron chi connectivity index (χ4n) is 6.07. The molecule has 0 aromatic heterocycles. The van der Waals surface area contributed by atoms with E-state index >= 15 is 0 Å². The van der Waals surface area contributed by atoms with Gasteiger partial charge in [0, 0.05) is 39.9 Å². The van der Waals surface area contributed by atoms with Crippen molar-refractivity contribution in [1.29, 1.82) is 0 Å². The van der Waals surface area contributed by atoms with E-state index in [9.17, 15) is 19.2 Å². The molecule has 0 atom stereocenters. The third-order valence-corrected chi connectivity index (χ3v) is 9.59. The van der Waals surface area contributed by atoms with E-state index in [-0.39, 0.29) is 47.8 Å². The fraction of sp³-hybridized carbons (Fsp3) is 0.867. The summed E-state index contributed by atoms with van der Waals surface area (Å²) in [4.78, 5) is 55.3. The van der Waals surface area contributed by atoms with Crippen molar-refractivity contribution in [1.82, 2.24) is 19.6 Å². The van der Waals surface area contributed by atoms with Crippen LogP contribution in [0, 0.1) is 10.8 Å². The van der Waals surface area contributed by atoms with Crippen LogP contribution in [0.5, 0.6) is 0 Å². The molecule has 0 aromatic carbocycles. The Balaban J connectivity index is 1.66. The predicted molar refractivity (Wildman–Crippen MR) is 153 cm³/mol. The second-order valence-corrected chi connectivity index (χ2v) is 11.7. The van der Waals surface area contributed by atoms with E-state index in [1.807, 2.05) is 6.92 Å². The SMILES string of the molecule is CCN1CC(=O)N(CCC(CC)(CC)CCCCOCCCCC(CC)(CC)CN2C(=O)CN(C)C2=O)C1=O. The molecule has 39 heavy (non-hydrogen) atoms. The van der Waals surface area contributed by atoms with Crippen LogP contribution in [0.1, 0.15) is 105 Å². The Morgan fingerprint density at radius 2 is 1.21 bits per heavy atom. The molecule has 6 amide bonds. The molecule has 2 aliphatic heterocycles. The van der Waals surface area contributed by atoms with Gasteiger partial charge in [-0.15, -0.1) is 0 Å². The molecule has 2 heterocycles. The second-order valence-electron chi connectivity index (χ2n) is 11.7. The minimum absolute atomic E-state index is 0.0285. The van der Waals surface area contributed by atoms with Gasteiger partial charge in [0.2, 0.25) is 11.8 Å². The van der Waals surface area contributed by atoms with E-state index < -0.39 is 0 Å². The number of carbonyl (C=O) groups is 4. The van der Waals surface area contributed by atoms with Crippen molar-refractivity contribution in [2.45, 2.75) is 105 Å². The van der Waals surface area contributed by atoms with Gasteiger partial charge in [0.1, 0.15) is 13.1 Å². The molecular weight excluding hydrogens is 496 g/mol. The highest BCUT2D eigenvalue weighted by atomic mass is 16.5. The molecule has 9 heteroatoms. The van der Waals surface area contributed by atoms with Gasteiger partial charge in [-0.2, -0.15) is 0 Å². The number of imide groups is 2. The maximum atomic E-state index is 12.4. The van der Waals surface area contributed by atoms with Crippen molar-refractivity contribution in [3.63, 3.8) is 0 Å². The summed E-state index contributed by atoms with van der Waals surface area (Å²) >= 11 is 0. The molecule has 0 spiro atoms. The van der Waals surface area contributed by atoms with Crippen LogP contribution in [-0.4, -0.2) is 96.5 Å². The van der Waals surface area contributed by atoms with Crippen molar-refractivity contribution in [3.8, 4) is 0 Å². The summed E-state index contributed by atoms with van der Waals surface area (Å²) in [6, 6.07) is -0.316. The van der Waals surface area contributed by atoms with Gasteiger partial charge >= 0.3 is 12.1 Å². The van der Waals surface area contributed by atoms with Gasteiger partial charge in [0.15, 0.2) is 0 Å². The van der Waals surface area contributed by atoms with Crippen LogP contribution >= 0.6 is 0 Å². The lowest BCUT2D eigenvalue weighted by atomic mass is 9.75. The summed E-state index contributed by atoms with van der Waals surface area (Å²) < 4.78 is 5.94. The minimum atomic E-state index is -0.175. The van der Waals surface area contributed by atoms with E-state index in [0.717, 1.165) is 83.8 Å². The van der Waals surface area contributed by atoms with Crippen LogP contribution in [-0.2, 0) is 14.3 Å². The number of rotatable bonds is 20. The number of likely N-dealkylation sites (N-methyl/N-ethyl adjacent to an activating group) is 2. The zero-order valence-electron chi connectivity index (χ0n) is 25.6. The number of hydrogen-bond acceptors (Lipinski definition) is 5. The van der Waals surface area contributed by atoms with Gasteiger partial charge in [0.25, 0.3) is 0 Å². The topological polar surface area (TPSA) is 90.5 Å². The average molecular weight is 551 g/mol. The average Bonchev–Trinajstić information content (AvgIpc) is 3.35. The molecule has 2 saturated heterocycles. The highest BCUT2D eigenvalue weighted by Gasteiger charge is 2.39. The molecule has 0 N–H and O–H groups in total. The van der Waals surface area contributed by atoms with E-state index in [2.05, 4.69) is 27.7 Å². The number of carbonyl (C=O) groups excluding carboxylic acids is 4. The summed E-state index contributed by atoms with van der Waals surface area (Å²) in [6.07, 6.45) is 11.0. The zero-order chi connectivity index (χ0) is 29.1. The van der Waals surface area contributed by atoms with Crippen LogP contribution in [0.15, 0.2) is 0 Å². The Bertz CT molecular complexity index is 824. The largest absolute Gasteiger partial charge is 0.381 e. The van der Waals surface area contributed by atoms with Gasteiger partial charge in [-0.1, -0.05) is 53.4 Å². The third-order valence-electron chi connectivity index (χ3n) is 9.59. The quantitative estimate of drug-likeness (QED) is 0.147. The highest BCUT2D eigenvalue weighted by molar-refractivity contribution is 6.02. The lowest BCUT2D eigenvalue weighted by molar-refractivity contribution is -0.127. The van der Waals surface area contributed by atoms with Crippen molar-refractivity contribution < 1.29 is 23.9 Å². The standard InChI is InChI=1S/C30H54N4O5/c1-7-29(8-2,18-19-33-26(36)23-32(11-5)28(33)38)16-12-14-20-39-21-15-13-17-30(9-3,10-4)24-34-25(35)22-31(6)27(34)37/h7-24H2,1-6H3. The molecule has 224 valence electrons. The van der Waals surface area contributed by atoms with Gasteiger partial charge in [-0.05, 0) is 62.7 Å². The maximum Gasteiger partial charge on any atom is 0.327 e. The third kappa shape index (κ3) is 8.66. The van der Waals surface area contributed by atoms with Crippen molar-refractivity contribution in [3.05, 3.63) is 0 Å². The number of amides is 6. The molecule has 0 unspecified atom stereocenters. The predicted octanol–water partition coefficient (Wildman–Crippen LogP) is 5.52. The number of unbranched alkanes of at least 4 members (excludes halogenated alkanes) is 2. The molecule has 2 rings (SSSR count). The highest BCUT2D eigenvalue weighted by Crippen LogP contribution is 2.37. The first-order valence-corrected chi connectivity index (χ1v) is 15.3. The normalized spacial score (nSPS) is 17.0. The summed E-state index contributed by atoms with van der Waals surface area (Å²) in [6.45, 7) is 14.1. The fourth-order valence-corrected chi connectivity index (χ4v) is 6.07. The first kappa shape index (κ1) is 33.0. The molecule has 0 saturated carbocycles.